The van der Waals surface area contributed by atoms with Gasteiger partial charge in [0, 0.05) is 12.1 Å². The van der Waals surface area contributed by atoms with Crippen molar-refractivity contribution in [1.82, 2.24) is 10.6 Å². The average molecular weight is 362 g/mol. The number of hydrogen-bond donors (Lipinski definition) is 2. The zero-order valence-corrected chi connectivity index (χ0v) is 16.1. The van der Waals surface area contributed by atoms with Crippen LogP contribution in [-0.2, 0) is 16.1 Å². The fourth-order valence-corrected chi connectivity index (χ4v) is 2.84. The number of hydrogen-bond acceptors (Lipinski definition) is 4. The Morgan fingerprint density at radius 3 is 2.50 bits per heavy atom. The summed E-state index contributed by atoms with van der Waals surface area (Å²) in [4.78, 5) is 24.0. The van der Waals surface area contributed by atoms with Crippen molar-refractivity contribution >= 4 is 12.0 Å². The maximum atomic E-state index is 12.3. The van der Waals surface area contributed by atoms with Crippen LogP contribution in [0.15, 0.2) is 24.3 Å². The van der Waals surface area contributed by atoms with Crippen LogP contribution in [-0.4, -0.2) is 29.7 Å². The molecule has 1 atom stereocenters. The molecule has 1 saturated carbocycles. The molecule has 0 saturated heterocycles. The van der Waals surface area contributed by atoms with Crippen LogP contribution in [0.2, 0.25) is 0 Å². The molecule has 6 nitrogen and oxygen atoms in total. The summed E-state index contributed by atoms with van der Waals surface area (Å²) in [5, 5.41) is 5.38. The van der Waals surface area contributed by atoms with Crippen molar-refractivity contribution in [3.8, 4) is 5.75 Å². The van der Waals surface area contributed by atoms with Gasteiger partial charge >= 0.3 is 6.09 Å². The van der Waals surface area contributed by atoms with Gasteiger partial charge < -0.3 is 20.1 Å². The van der Waals surface area contributed by atoms with E-state index in [1.165, 1.54) is 12.8 Å². The molecule has 0 spiro atoms. The van der Waals surface area contributed by atoms with Gasteiger partial charge in [0.1, 0.15) is 17.4 Å². The van der Waals surface area contributed by atoms with Crippen molar-refractivity contribution < 1.29 is 19.1 Å². The second-order valence-corrected chi connectivity index (χ2v) is 7.72. The van der Waals surface area contributed by atoms with Crippen LogP contribution < -0.4 is 15.4 Å². The van der Waals surface area contributed by atoms with Gasteiger partial charge in [-0.25, -0.2) is 4.79 Å². The number of rotatable bonds is 6. The van der Waals surface area contributed by atoms with Crippen LogP contribution in [0.3, 0.4) is 0 Å². The van der Waals surface area contributed by atoms with E-state index < -0.39 is 17.7 Å². The lowest BCUT2D eigenvalue weighted by Crippen LogP contribution is -2.46. The van der Waals surface area contributed by atoms with E-state index in [-0.39, 0.29) is 12.0 Å². The zero-order chi connectivity index (χ0) is 19.2. The first-order chi connectivity index (χ1) is 12.2. The summed E-state index contributed by atoms with van der Waals surface area (Å²) in [7, 11) is 0. The van der Waals surface area contributed by atoms with Crippen molar-refractivity contribution in [2.75, 3.05) is 0 Å². The maximum absolute atomic E-state index is 12.3. The van der Waals surface area contributed by atoms with Gasteiger partial charge in [-0.15, -0.1) is 0 Å². The van der Waals surface area contributed by atoms with Gasteiger partial charge in [-0.3, -0.25) is 4.79 Å². The normalized spacial score (nSPS) is 16.0. The number of para-hydroxylation sites is 1. The van der Waals surface area contributed by atoms with Gasteiger partial charge in [-0.05, 0) is 59.4 Å². The zero-order valence-electron chi connectivity index (χ0n) is 16.1. The van der Waals surface area contributed by atoms with E-state index in [1.54, 1.807) is 27.7 Å². The topological polar surface area (TPSA) is 76.7 Å². The molecule has 2 N–H and O–H groups in total. The van der Waals surface area contributed by atoms with E-state index in [4.69, 9.17) is 9.47 Å². The highest BCUT2D eigenvalue weighted by Crippen LogP contribution is 2.26. The second-order valence-electron chi connectivity index (χ2n) is 7.72. The van der Waals surface area contributed by atoms with Crippen molar-refractivity contribution in [3.05, 3.63) is 29.8 Å². The molecule has 6 heteroatoms. The molecule has 144 valence electrons. The fraction of sp³-hybridized carbons (Fsp3) is 0.600. The monoisotopic (exact) mass is 362 g/mol. The summed E-state index contributed by atoms with van der Waals surface area (Å²) in [5.41, 5.74) is 0.328. The van der Waals surface area contributed by atoms with Crippen molar-refractivity contribution in [3.63, 3.8) is 0 Å². The highest BCUT2D eigenvalue weighted by molar-refractivity contribution is 5.85. The van der Waals surface area contributed by atoms with E-state index in [1.807, 2.05) is 24.3 Å². The molecule has 0 unspecified atom stereocenters. The molecule has 2 rings (SSSR count). The molecule has 0 radical (unpaired) electrons. The first-order valence-electron chi connectivity index (χ1n) is 9.26. The highest BCUT2D eigenvalue weighted by atomic mass is 16.6. The number of carbonyl (C=O) groups is 2. The molecule has 0 aliphatic heterocycles. The number of carbonyl (C=O) groups excluding carboxylic acids is 2. The third-order valence-electron chi connectivity index (χ3n) is 4.15. The van der Waals surface area contributed by atoms with Crippen LogP contribution in [0.25, 0.3) is 0 Å². The molecule has 2 amide bonds. The molecule has 1 aliphatic rings. The molecular formula is C20H30N2O4. The largest absolute Gasteiger partial charge is 0.490 e. The number of ether oxygens (including phenoxy) is 2. The van der Waals surface area contributed by atoms with E-state index in [9.17, 15) is 9.59 Å². The summed E-state index contributed by atoms with van der Waals surface area (Å²) in [6, 6.07) is 7.04. The summed E-state index contributed by atoms with van der Waals surface area (Å²) < 4.78 is 11.2. The van der Waals surface area contributed by atoms with Gasteiger partial charge in [0.05, 0.1) is 6.10 Å². The Bertz CT molecular complexity index is 618. The van der Waals surface area contributed by atoms with Gasteiger partial charge in [-0.1, -0.05) is 18.2 Å². The lowest BCUT2D eigenvalue weighted by Gasteiger charge is -2.22. The van der Waals surface area contributed by atoms with Crippen LogP contribution in [0.4, 0.5) is 4.79 Å². The minimum absolute atomic E-state index is 0.264. The lowest BCUT2D eigenvalue weighted by atomic mass is 10.2. The predicted molar refractivity (Wildman–Crippen MR) is 100 cm³/mol. The van der Waals surface area contributed by atoms with E-state index in [0.29, 0.717) is 6.54 Å². The van der Waals surface area contributed by atoms with E-state index >= 15 is 0 Å². The number of nitrogens with one attached hydrogen (secondary N) is 2. The number of amides is 2. The Hall–Kier alpha value is -2.24. The SMILES string of the molecule is C[C@@H](NC(=O)OC(C)(C)C)C(=O)NCc1ccccc1OC1CCCC1. The molecule has 1 aliphatic carbocycles. The standard InChI is InChI=1S/C20H30N2O4/c1-14(22-19(24)26-20(2,3)4)18(23)21-13-15-9-5-8-12-17(15)25-16-10-6-7-11-16/h5,8-9,12,14,16H,6-7,10-11,13H2,1-4H3,(H,21,23)(H,22,24)/t14-/m1/s1. The predicted octanol–water partition coefficient (Wildman–Crippen LogP) is 3.54. The van der Waals surface area contributed by atoms with Gasteiger partial charge in [-0.2, -0.15) is 0 Å². The average Bonchev–Trinajstić information content (AvgIpc) is 3.04. The van der Waals surface area contributed by atoms with E-state index in [2.05, 4.69) is 10.6 Å². The van der Waals surface area contributed by atoms with Gasteiger partial charge in [0.25, 0.3) is 0 Å². The van der Waals surface area contributed by atoms with Crippen LogP contribution in [0.5, 0.6) is 5.75 Å². The Morgan fingerprint density at radius 1 is 1.19 bits per heavy atom. The summed E-state index contributed by atoms with van der Waals surface area (Å²) in [5.74, 6) is 0.541. The van der Waals surface area contributed by atoms with Gasteiger partial charge in [0.2, 0.25) is 5.91 Å². The van der Waals surface area contributed by atoms with Crippen LogP contribution in [0, 0.1) is 0 Å². The molecule has 0 aromatic heterocycles. The number of alkyl carbamates (subject to hydrolysis) is 1. The first kappa shape index (κ1) is 20.1. The van der Waals surface area contributed by atoms with E-state index in [0.717, 1.165) is 24.2 Å². The van der Waals surface area contributed by atoms with Crippen LogP contribution in [0.1, 0.15) is 58.9 Å². The Kier molecular flexibility index (Phi) is 6.89. The molecule has 1 aromatic rings. The Labute approximate surface area is 155 Å². The quantitative estimate of drug-likeness (QED) is 0.811. The third-order valence-corrected chi connectivity index (χ3v) is 4.15. The molecular weight excluding hydrogens is 332 g/mol. The summed E-state index contributed by atoms with van der Waals surface area (Å²) in [6.45, 7) is 7.30. The smallest absolute Gasteiger partial charge is 0.408 e. The third kappa shape index (κ3) is 6.58. The highest BCUT2D eigenvalue weighted by Gasteiger charge is 2.21. The minimum atomic E-state index is -0.687. The van der Waals surface area contributed by atoms with Crippen molar-refractivity contribution in [1.29, 1.82) is 0 Å². The molecule has 0 bridgehead atoms. The second kappa shape index (κ2) is 8.92. The number of benzene rings is 1. The summed E-state index contributed by atoms with van der Waals surface area (Å²) in [6.07, 6.45) is 4.23. The molecule has 1 aromatic carbocycles. The van der Waals surface area contributed by atoms with Crippen molar-refractivity contribution in [2.24, 2.45) is 0 Å². The lowest BCUT2D eigenvalue weighted by molar-refractivity contribution is -0.122. The summed E-state index contributed by atoms with van der Waals surface area (Å²) >= 11 is 0. The Balaban J connectivity index is 1.85. The molecule has 26 heavy (non-hydrogen) atoms. The maximum Gasteiger partial charge on any atom is 0.408 e. The van der Waals surface area contributed by atoms with Crippen LogP contribution >= 0.6 is 0 Å². The fourth-order valence-electron chi connectivity index (χ4n) is 2.84. The molecule has 0 heterocycles. The Morgan fingerprint density at radius 2 is 1.85 bits per heavy atom. The molecule has 1 fully saturated rings. The minimum Gasteiger partial charge on any atom is -0.490 e. The van der Waals surface area contributed by atoms with Crippen molar-refractivity contribution in [2.45, 2.75) is 77.7 Å². The first-order valence-corrected chi connectivity index (χ1v) is 9.26. The van der Waals surface area contributed by atoms with Gasteiger partial charge in [0.15, 0.2) is 0 Å².